The van der Waals surface area contributed by atoms with Crippen molar-refractivity contribution in [1.29, 1.82) is 0 Å². The molecule has 0 radical (unpaired) electrons. The zero-order valence-corrected chi connectivity index (χ0v) is 13.4. The van der Waals surface area contributed by atoms with Crippen LogP contribution in [-0.4, -0.2) is 43.6 Å². The molecular formula is C16H24F2N2O2. The molecule has 0 aliphatic heterocycles. The molecule has 0 spiro atoms. The molecule has 0 saturated heterocycles. The van der Waals surface area contributed by atoms with Gasteiger partial charge in [-0.25, -0.2) is 13.6 Å². The summed E-state index contributed by atoms with van der Waals surface area (Å²) in [5.74, 6) is 0.741. The molecule has 1 rings (SSSR count). The number of ether oxygens (including phenoxy) is 1. The largest absolute Gasteiger partial charge is 0.492 e. The van der Waals surface area contributed by atoms with E-state index in [2.05, 4.69) is 5.32 Å². The van der Waals surface area contributed by atoms with E-state index in [0.29, 0.717) is 19.6 Å². The minimum Gasteiger partial charge on any atom is -0.492 e. The van der Waals surface area contributed by atoms with E-state index in [4.69, 9.17) is 4.74 Å². The highest BCUT2D eigenvalue weighted by atomic mass is 19.3. The highest BCUT2D eigenvalue weighted by Gasteiger charge is 2.16. The van der Waals surface area contributed by atoms with Gasteiger partial charge in [0, 0.05) is 6.54 Å². The molecule has 1 N–H and O–H groups in total. The first-order chi connectivity index (χ1) is 10.4. The van der Waals surface area contributed by atoms with E-state index in [1.165, 1.54) is 0 Å². The number of alkyl halides is 2. The van der Waals surface area contributed by atoms with Crippen molar-refractivity contribution in [2.45, 2.75) is 33.6 Å². The summed E-state index contributed by atoms with van der Waals surface area (Å²) in [6, 6.07) is 5.39. The van der Waals surface area contributed by atoms with Crippen molar-refractivity contribution >= 4 is 6.03 Å². The molecule has 22 heavy (non-hydrogen) atoms. The Kier molecular flexibility index (Phi) is 7.63. The number of urea groups is 1. The zero-order chi connectivity index (χ0) is 16.5. The van der Waals surface area contributed by atoms with Gasteiger partial charge in [-0.3, -0.25) is 0 Å². The van der Waals surface area contributed by atoms with Gasteiger partial charge in [0.05, 0.1) is 13.1 Å². The van der Waals surface area contributed by atoms with Crippen molar-refractivity contribution in [2.24, 2.45) is 0 Å². The number of aryl methyl sites for hydroxylation is 2. The number of carbonyl (C=O) groups is 1. The number of hydrogen-bond acceptors (Lipinski definition) is 2. The quantitative estimate of drug-likeness (QED) is 0.748. The molecule has 0 saturated carbocycles. The Hall–Kier alpha value is -1.85. The number of amides is 2. The molecule has 2 amide bonds. The van der Waals surface area contributed by atoms with E-state index in [1.54, 1.807) is 0 Å². The third-order valence-electron chi connectivity index (χ3n) is 2.98. The van der Waals surface area contributed by atoms with Crippen LogP contribution in [0.4, 0.5) is 13.6 Å². The first-order valence-corrected chi connectivity index (χ1v) is 7.44. The lowest BCUT2D eigenvalue weighted by Crippen LogP contribution is -2.44. The molecule has 0 atom stereocenters. The highest BCUT2D eigenvalue weighted by Crippen LogP contribution is 2.15. The molecule has 0 aliphatic rings. The maximum atomic E-state index is 12.4. The summed E-state index contributed by atoms with van der Waals surface area (Å²) in [7, 11) is 0. The highest BCUT2D eigenvalue weighted by molar-refractivity contribution is 5.74. The van der Waals surface area contributed by atoms with E-state index < -0.39 is 19.0 Å². The van der Waals surface area contributed by atoms with Crippen molar-refractivity contribution in [3.05, 3.63) is 29.3 Å². The molecule has 0 aliphatic carbocycles. The molecular weight excluding hydrogens is 290 g/mol. The minimum atomic E-state index is -2.52. The molecule has 0 bridgehead atoms. The van der Waals surface area contributed by atoms with Gasteiger partial charge in [-0.05, 0) is 43.5 Å². The van der Waals surface area contributed by atoms with Gasteiger partial charge in [0.15, 0.2) is 0 Å². The molecule has 0 unspecified atom stereocenters. The van der Waals surface area contributed by atoms with Crippen LogP contribution in [0.5, 0.6) is 5.75 Å². The lowest BCUT2D eigenvalue weighted by molar-refractivity contribution is 0.0980. The van der Waals surface area contributed by atoms with Gasteiger partial charge < -0.3 is 15.0 Å². The number of benzene rings is 1. The Morgan fingerprint density at radius 2 is 1.91 bits per heavy atom. The molecule has 0 heterocycles. The summed E-state index contributed by atoms with van der Waals surface area (Å²) in [5, 5.41) is 2.60. The average molecular weight is 314 g/mol. The lowest BCUT2D eigenvalue weighted by atomic mass is 10.1. The van der Waals surface area contributed by atoms with Crippen molar-refractivity contribution < 1.29 is 18.3 Å². The molecule has 0 aromatic heterocycles. The second-order valence-corrected chi connectivity index (χ2v) is 5.24. The number of nitrogens with zero attached hydrogens (tertiary/aromatic N) is 1. The first-order valence-electron chi connectivity index (χ1n) is 7.44. The second-order valence-electron chi connectivity index (χ2n) is 5.24. The average Bonchev–Trinajstić information content (AvgIpc) is 2.41. The van der Waals surface area contributed by atoms with Gasteiger partial charge >= 0.3 is 6.03 Å². The fourth-order valence-corrected chi connectivity index (χ4v) is 2.17. The third-order valence-corrected chi connectivity index (χ3v) is 2.98. The summed E-state index contributed by atoms with van der Waals surface area (Å²) in [6.45, 7) is 6.14. The van der Waals surface area contributed by atoms with E-state index in [9.17, 15) is 13.6 Å². The van der Waals surface area contributed by atoms with Crippen molar-refractivity contribution in [1.82, 2.24) is 10.2 Å². The molecule has 124 valence electrons. The van der Waals surface area contributed by atoms with Crippen LogP contribution in [0.3, 0.4) is 0 Å². The van der Waals surface area contributed by atoms with Crippen molar-refractivity contribution in [2.75, 3.05) is 26.2 Å². The summed E-state index contributed by atoms with van der Waals surface area (Å²) in [6.07, 6.45) is -1.89. The number of carbonyl (C=O) groups excluding carboxylic acids is 1. The van der Waals surface area contributed by atoms with Crippen LogP contribution in [0.25, 0.3) is 0 Å². The molecule has 6 heteroatoms. The topological polar surface area (TPSA) is 41.6 Å². The lowest BCUT2D eigenvalue weighted by Gasteiger charge is -2.22. The smallest absolute Gasteiger partial charge is 0.317 e. The van der Waals surface area contributed by atoms with Crippen LogP contribution < -0.4 is 10.1 Å². The zero-order valence-electron chi connectivity index (χ0n) is 13.4. The van der Waals surface area contributed by atoms with E-state index in [1.807, 2.05) is 39.0 Å². The van der Waals surface area contributed by atoms with Gasteiger partial charge in [0.25, 0.3) is 6.43 Å². The fourth-order valence-electron chi connectivity index (χ4n) is 2.17. The first kappa shape index (κ1) is 18.2. The fraction of sp³-hybridized carbons (Fsp3) is 0.562. The van der Waals surface area contributed by atoms with Crippen LogP contribution in [0, 0.1) is 13.8 Å². The number of hydrogen-bond donors (Lipinski definition) is 1. The predicted octanol–water partition coefficient (Wildman–Crippen LogP) is 3.37. The molecule has 1 aromatic carbocycles. The Morgan fingerprint density at radius 3 is 2.45 bits per heavy atom. The monoisotopic (exact) mass is 314 g/mol. The Labute approximate surface area is 130 Å². The Balaban J connectivity index is 2.37. The number of halogens is 2. The predicted molar refractivity (Wildman–Crippen MR) is 82.7 cm³/mol. The van der Waals surface area contributed by atoms with Crippen LogP contribution in [0.2, 0.25) is 0 Å². The third kappa shape index (κ3) is 6.74. The maximum Gasteiger partial charge on any atom is 0.317 e. The summed E-state index contributed by atoms with van der Waals surface area (Å²) >= 11 is 0. The summed E-state index contributed by atoms with van der Waals surface area (Å²) < 4.78 is 30.4. The van der Waals surface area contributed by atoms with Gasteiger partial charge in [0.1, 0.15) is 12.4 Å². The Bertz CT molecular complexity index is 461. The molecule has 0 fully saturated rings. The minimum absolute atomic E-state index is 0.273. The van der Waals surface area contributed by atoms with Crippen molar-refractivity contribution in [3.8, 4) is 5.75 Å². The number of rotatable bonds is 8. The van der Waals surface area contributed by atoms with Crippen LogP contribution in [-0.2, 0) is 0 Å². The number of nitrogens with one attached hydrogen (secondary N) is 1. The van der Waals surface area contributed by atoms with Gasteiger partial charge in [-0.2, -0.15) is 0 Å². The van der Waals surface area contributed by atoms with E-state index in [-0.39, 0.29) is 6.54 Å². The standard InChI is InChI=1S/C16H24F2N2O2/c1-4-6-20(11-15(17)18)16(21)19-5-7-22-14-9-12(2)8-13(3)10-14/h8-10,15H,4-7,11H2,1-3H3,(H,19,21). The van der Waals surface area contributed by atoms with Gasteiger partial charge in [0.2, 0.25) is 0 Å². The van der Waals surface area contributed by atoms with Gasteiger partial charge in [-0.15, -0.1) is 0 Å². The van der Waals surface area contributed by atoms with Crippen LogP contribution in [0.15, 0.2) is 18.2 Å². The van der Waals surface area contributed by atoms with E-state index in [0.717, 1.165) is 21.8 Å². The molecule has 1 aromatic rings. The molecule has 4 nitrogen and oxygen atoms in total. The van der Waals surface area contributed by atoms with Crippen LogP contribution >= 0.6 is 0 Å². The maximum absolute atomic E-state index is 12.4. The van der Waals surface area contributed by atoms with E-state index >= 15 is 0 Å². The Morgan fingerprint density at radius 1 is 1.27 bits per heavy atom. The summed E-state index contributed by atoms with van der Waals surface area (Å²) in [5.41, 5.74) is 2.20. The van der Waals surface area contributed by atoms with Gasteiger partial charge in [-0.1, -0.05) is 13.0 Å². The summed E-state index contributed by atoms with van der Waals surface area (Å²) in [4.78, 5) is 12.9. The second kappa shape index (κ2) is 9.23. The SMILES string of the molecule is CCCN(CC(F)F)C(=O)NCCOc1cc(C)cc(C)c1. The van der Waals surface area contributed by atoms with Crippen LogP contribution in [0.1, 0.15) is 24.5 Å². The van der Waals surface area contributed by atoms with Crippen molar-refractivity contribution in [3.63, 3.8) is 0 Å². The normalized spacial score (nSPS) is 10.6.